The van der Waals surface area contributed by atoms with Gasteiger partial charge < -0.3 is 19.3 Å². The third-order valence-corrected chi connectivity index (χ3v) is 6.95. The molecule has 0 saturated heterocycles. The highest BCUT2D eigenvalue weighted by Gasteiger charge is 2.51. The van der Waals surface area contributed by atoms with E-state index >= 15 is 0 Å². The van der Waals surface area contributed by atoms with Gasteiger partial charge in [-0.25, -0.2) is 0 Å². The quantitative estimate of drug-likeness (QED) is 0.717. The highest BCUT2D eigenvalue weighted by molar-refractivity contribution is 7.51. The molecule has 4 fully saturated rings. The molecule has 1 aromatic rings. The monoisotopic (exact) mass is 366 g/mol. The Morgan fingerprint density at radius 1 is 0.920 bits per heavy atom. The predicted octanol–water partition coefficient (Wildman–Crippen LogP) is 3.84. The van der Waals surface area contributed by atoms with Crippen LogP contribution in [0, 0.1) is 23.2 Å². The number of hydrogen-bond donors (Lipinski definition) is 2. The summed E-state index contributed by atoms with van der Waals surface area (Å²) in [6.07, 6.45) is 8.07. The second-order valence-corrected chi connectivity index (χ2v) is 10.2. The van der Waals surface area contributed by atoms with Crippen LogP contribution >= 0.6 is 7.60 Å². The Hall–Kier alpha value is -1.03. The van der Waals surface area contributed by atoms with Crippen molar-refractivity contribution in [2.75, 3.05) is 19.4 Å². The summed E-state index contributed by atoms with van der Waals surface area (Å²) in [5.41, 5.74) is 0.396. The van der Waals surface area contributed by atoms with E-state index in [1.54, 1.807) is 12.1 Å². The van der Waals surface area contributed by atoms with Crippen LogP contribution in [0.3, 0.4) is 0 Å². The first-order valence-electron chi connectivity index (χ1n) is 9.29. The van der Waals surface area contributed by atoms with Crippen molar-refractivity contribution in [2.45, 2.75) is 38.5 Å². The Bertz CT molecular complexity index is 615. The van der Waals surface area contributed by atoms with E-state index in [1.807, 2.05) is 12.1 Å². The molecule has 0 radical (unpaired) electrons. The lowest BCUT2D eigenvalue weighted by Crippen LogP contribution is -2.48. The van der Waals surface area contributed by atoms with Crippen molar-refractivity contribution in [3.63, 3.8) is 0 Å². The molecule has 25 heavy (non-hydrogen) atoms. The summed E-state index contributed by atoms with van der Waals surface area (Å²) in [5, 5.41) is 0. The summed E-state index contributed by atoms with van der Waals surface area (Å²) in [6.45, 7) is 0.826. The summed E-state index contributed by atoms with van der Waals surface area (Å²) < 4.78 is 22.3. The van der Waals surface area contributed by atoms with Gasteiger partial charge in [0, 0.05) is 5.41 Å². The van der Waals surface area contributed by atoms with E-state index in [0.29, 0.717) is 11.2 Å². The minimum absolute atomic E-state index is 0.0117. The molecular formula is C19H27O5P. The summed E-state index contributed by atoms with van der Waals surface area (Å²) >= 11 is 0. The van der Waals surface area contributed by atoms with Gasteiger partial charge in [-0.05, 0) is 80.5 Å². The lowest BCUT2D eigenvalue weighted by atomic mass is 9.50. The third kappa shape index (κ3) is 4.21. The average Bonchev–Trinajstić information content (AvgIpc) is 2.52. The molecule has 138 valence electrons. The Morgan fingerprint density at radius 2 is 1.40 bits per heavy atom. The fourth-order valence-electron chi connectivity index (χ4n) is 5.62. The van der Waals surface area contributed by atoms with Crippen molar-refractivity contribution in [3.8, 4) is 11.5 Å². The minimum Gasteiger partial charge on any atom is -0.493 e. The molecule has 0 aromatic heterocycles. The Kier molecular flexibility index (Phi) is 4.59. The summed E-state index contributed by atoms with van der Waals surface area (Å²) in [7, 11) is -4.00. The second-order valence-electron chi connectivity index (χ2n) is 8.41. The van der Waals surface area contributed by atoms with Gasteiger partial charge in [0.05, 0.1) is 19.4 Å². The van der Waals surface area contributed by atoms with E-state index in [1.165, 1.54) is 38.5 Å². The van der Waals surface area contributed by atoms with Crippen molar-refractivity contribution in [1.82, 2.24) is 0 Å². The van der Waals surface area contributed by atoms with E-state index in [2.05, 4.69) is 0 Å². The lowest BCUT2D eigenvalue weighted by molar-refractivity contribution is -0.0745. The fourth-order valence-corrected chi connectivity index (χ4v) is 5.95. The molecule has 4 aliphatic carbocycles. The number of rotatable bonds is 7. The van der Waals surface area contributed by atoms with Gasteiger partial charge in [-0.2, -0.15) is 0 Å². The largest absolute Gasteiger partial charge is 0.493 e. The molecule has 0 spiro atoms. The smallest absolute Gasteiger partial charge is 0.328 e. The molecule has 4 aliphatic rings. The summed E-state index contributed by atoms with van der Waals surface area (Å²) in [6, 6.07) is 7.37. The molecule has 0 amide bonds. The Labute approximate surface area is 148 Å². The normalized spacial score (nSPS) is 33.4. The first-order valence-corrected chi connectivity index (χ1v) is 11.1. The van der Waals surface area contributed by atoms with Gasteiger partial charge >= 0.3 is 7.60 Å². The molecular weight excluding hydrogens is 339 g/mol. The zero-order valence-corrected chi connectivity index (χ0v) is 15.4. The predicted molar refractivity (Wildman–Crippen MR) is 94.9 cm³/mol. The van der Waals surface area contributed by atoms with Gasteiger partial charge in [0.15, 0.2) is 0 Å². The van der Waals surface area contributed by atoms with Crippen LogP contribution < -0.4 is 9.47 Å². The lowest BCUT2D eigenvalue weighted by Gasteiger charge is -2.56. The van der Waals surface area contributed by atoms with Crippen LogP contribution in [-0.2, 0) is 4.57 Å². The molecule has 5 rings (SSSR count). The molecule has 1 aromatic carbocycles. The molecule has 0 heterocycles. The van der Waals surface area contributed by atoms with E-state index in [4.69, 9.17) is 19.3 Å². The maximum absolute atomic E-state index is 10.8. The van der Waals surface area contributed by atoms with Gasteiger partial charge in [-0.3, -0.25) is 4.57 Å². The zero-order valence-electron chi connectivity index (χ0n) is 14.5. The van der Waals surface area contributed by atoms with Gasteiger partial charge in [-0.15, -0.1) is 0 Å². The number of ether oxygens (including phenoxy) is 2. The minimum atomic E-state index is -4.00. The van der Waals surface area contributed by atoms with Gasteiger partial charge in [0.2, 0.25) is 0 Å². The standard InChI is InChI=1S/C19H27O5P/c20-25(21,22)6-5-23-17-1-3-18(4-2-17)24-13-19-10-14-7-15(11-19)9-16(8-14)12-19/h1-4,14-16H,5-13H2,(H2,20,21,22). The molecule has 2 N–H and O–H groups in total. The van der Waals surface area contributed by atoms with Crippen molar-refractivity contribution < 1.29 is 23.8 Å². The van der Waals surface area contributed by atoms with Crippen LogP contribution in [0.2, 0.25) is 0 Å². The van der Waals surface area contributed by atoms with E-state index in [9.17, 15) is 4.57 Å². The van der Waals surface area contributed by atoms with Crippen LogP contribution in [-0.4, -0.2) is 29.2 Å². The van der Waals surface area contributed by atoms with Gasteiger partial charge in [0.1, 0.15) is 11.5 Å². The molecule has 0 unspecified atom stereocenters. The maximum Gasteiger partial charge on any atom is 0.328 e. The molecule has 4 bridgehead atoms. The Morgan fingerprint density at radius 3 is 1.88 bits per heavy atom. The summed E-state index contributed by atoms with van der Waals surface area (Å²) in [4.78, 5) is 17.7. The first-order chi connectivity index (χ1) is 11.9. The molecule has 0 aliphatic heterocycles. The van der Waals surface area contributed by atoms with Crippen LogP contribution in [0.4, 0.5) is 0 Å². The van der Waals surface area contributed by atoms with E-state index in [0.717, 1.165) is 30.1 Å². The number of hydrogen-bond acceptors (Lipinski definition) is 3. The zero-order chi connectivity index (χ0) is 17.5. The van der Waals surface area contributed by atoms with Crippen LogP contribution in [0.25, 0.3) is 0 Å². The Balaban J connectivity index is 1.29. The molecule has 5 nitrogen and oxygen atoms in total. The average molecular weight is 366 g/mol. The topological polar surface area (TPSA) is 76.0 Å². The summed E-state index contributed by atoms with van der Waals surface area (Å²) in [5.74, 6) is 4.24. The van der Waals surface area contributed by atoms with Crippen molar-refractivity contribution in [3.05, 3.63) is 24.3 Å². The second kappa shape index (κ2) is 6.61. The van der Waals surface area contributed by atoms with Gasteiger partial charge in [0.25, 0.3) is 0 Å². The highest BCUT2D eigenvalue weighted by atomic mass is 31.2. The SMILES string of the molecule is O=P(O)(O)CCOc1ccc(OCC23CC4CC(CC(C4)C2)C3)cc1. The number of benzene rings is 1. The van der Waals surface area contributed by atoms with Crippen LogP contribution in [0.1, 0.15) is 38.5 Å². The first kappa shape index (κ1) is 17.4. The molecule has 0 atom stereocenters. The maximum atomic E-state index is 10.8. The third-order valence-electron chi connectivity index (χ3n) is 6.19. The van der Waals surface area contributed by atoms with Crippen molar-refractivity contribution >= 4 is 7.60 Å². The fraction of sp³-hybridized carbons (Fsp3) is 0.684. The van der Waals surface area contributed by atoms with Crippen LogP contribution in [0.15, 0.2) is 24.3 Å². The molecule has 4 saturated carbocycles. The van der Waals surface area contributed by atoms with Crippen molar-refractivity contribution in [2.24, 2.45) is 23.2 Å². The van der Waals surface area contributed by atoms with Gasteiger partial charge in [-0.1, -0.05) is 0 Å². The molecule has 6 heteroatoms. The van der Waals surface area contributed by atoms with E-state index < -0.39 is 7.60 Å². The van der Waals surface area contributed by atoms with Crippen molar-refractivity contribution in [1.29, 1.82) is 0 Å². The van der Waals surface area contributed by atoms with E-state index in [-0.39, 0.29) is 12.8 Å². The van der Waals surface area contributed by atoms with Crippen LogP contribution in [0.5, 0.6) is 11.5 Å². The highest BCUT2D eigenvalue weighted by Crippen LogP contribution is 2.60.